The highest BCUT2D eigenvalue weighted by molar-refractivity contribution is 5.85. The van der Waals surface area contributed by atoms with Crippen molar-refractivity contribution in [2.24, 2.45) is 5.41 Å². The van der Waals surface area contributed by atoms with Crippen molar-refractivity contribution in [1.82, 2.24) is 4.90 Å². The van der Waals surface area contributed by atoms with E-state index in [2.05, 4.69) is 6.07 Å². The van der Waals surface area contributed by atoms with Gasteiger partial charge in [0.05, 0.1) is 19.2 Å². The Labute approximate surface area is 131 Å². The first-order valence-corrected chi connectivity index (χ1v) is 8.12. The maximum absolute atomic E-state index is 12.9. The Bertz CT molecular complexity index is 558. The summed E-state index contributed by atoms with van der Waals surface area (Å²) < 4.78 is 5.82. The van der Waals surface area contributed by atoms with Gasteiger partial charge in [0.1, 0.15) is 11.5 Å². The van der Waals surface area contributed by atoms with Crippen LogP contribution in [-0.2, 0) is 9.53 Å². The molecule has 4 heteroatoms. The standard InChI is InChI=1S/C18H22N2O2/c19-14-18(9-5-2-6-10-18)17(21)20-11-12-22-16(13-20)15-7-3-1-4-8-15/h1,3-4,7-8,16H,2,5-6,9-13H2. The Morgan fingerprint density at radius 3 is 2.64 bits per heavy atom. The number of nitriles is 1. The zero-order valence-corrected chi connectivity index (χ0v) is 12.8. The summed E-state index contributed by atoms with van der Waals surface area (Å²) in [5.41, 5.74) is 0.297. The highest BCUT2D eigenvalue weighted by Crippen LogP contribution is 2.38. The third-order valence-corrected chi connectivity index (χ3v) is 4.86. The lowest BCUT2D eigenvalue weighted by molar-refractivity contribution is -0.148. The van der Waals surface area contributed by atoms with Crippen molar-refractivity contribution in [3.63, 3.8) is 0 Å². The van der Waals surface area contributed by atoms with Gasteiger partial charge in [0, 0.05) is 6.54 Å². The molecule has 3 rings (SSSR count). The van der Waals surface area contributed by atoms with Crippen LogP contribution in [0.4, 0.5) is 0 Å². The topological polar surface area (TPSA) is 53.3 Å². The number of ether oxygens (including phenoxy) is 1. The number of rotatable bonds is 2. The first-order valence-electron chi connectivity index (χ1n) is 8.12. The normalized spacial score (nSPS) is 24.5. The molecule has 1 saturated heterocycles. The molecule has 1 unspecified atom stereocenters. The van der Waals surface area contributed by atoms with Crippen molar-refractivity contribution in [2.45, 2.75) is 38.2 Å². The Kier molecular flexibility index (Phi) is 4.44. The predicted octanol–water partition coefficient (Wildman–Crippen LogP) is 3.06. The molecule has 0 N–H and O–H groups in total. The van der Waals surface area contributed by atoms with E-state index in [1.807, 2.05) is 35.2 Å². The van der Waals surface area contributed by atoms with E-state index in [1.165, 1.54) is 0 Å². The van der Waals surface area contributed by atoms with Crippen LogP contribution < -0.4 is 0 Å². The number of hydrogen-bond acceptors (Lipinski definition) is 3. The molecule has 0 radical (unpaired) electrons. The van der Waals surface area contributed by atoms with Crippen LogP contribution in [0.5, 0.6) is 0 Å². The van der Waals surface area contributed by atoms with E-state index in [1.54, 1.807) is 0 Å². The second kappa shape index (κ2) is 6.50. The van der Waals surface area contributed by atoms with E-state index in [9.17, 15) is 10.1 Å². The second-order valence-corrected chi connectivity index (χ2v) is 6.28. The van der Waals surface area contributed by atoms with Crippen molar-refractivity contribution in [2.75, 3.05) is 19.7 Å². The van der Waals surface area contributed by atoms with Gasteiger partial charge in [-0.1, -0.05) is 49.6 Å². The maximum atomic E-state index is 12.9. The number of morpholine rings is 1. The Morgan fingerprint density at radius 2 is 1.95 bits per heavy atom. The van der Waals surface area contributed by atoms with Crippen molar-refractivity contribution in [1.29, 1.82) is 5.26 Å². The molecule has 4 nitrogen and oxygen atoms in total. The minimum absolute atomic E-state index is 0.0129. The second-order valence-electron chi connectivity index (χ2n) is 6.28. The molecule has 0 bridgehead atoms. The average Bonchev–Trinajstić information content (AvgIpc) is 2.62. The van der Waals surface area contributed by atoms with E-state index in [0.717, 1.165) is 24.8 Å². The van der Waals surface area contributed by atoms with Gasteiger partial charge in [-0.15, -0.1) is 0 Å². The van der Waals surface area contributed by atoms with Crippen molar-refractivity contribution in [3.8, 4) is 6.07 Å². The molecular weight excluding hydrogens is 276 g/mol. The first-order chi connectivity index (χ1) is 10.7. The van der Waals surface area contributed by atoms with Gasteiger partial charge in [-0.25, -0.2) is 0 Å². The molecule has 1 aliphatic heterocycles. The molecule has 1 saturated carbocycles. The number of benzene rings is 1. The Morgan fingerprint density at radius 1 is 1.23 bits per heavy atom. The Hall–Kier alpha value is -1.86. The number of hydrogen-bond donors (Lipinski definition) is 0. The van der Waals surface area contributed by atoms with Crippen LogP contribution in [0.3, 0.4) is 0 Å². The monoisotopic (exact) mass is 298 g/mol. The minimum atomic E-state index is -0.795. The molecule has 1 amide bonds. The minimum Gasteiger partial charge on any atom is -0.370 e. The van der Waals surface area contributed by atoms with Gasteiger partial charge in [0.15, 0.2) is 0 Å². The maximum Gasteiger partial charge on any atom is 0.243 e. The third-order valence-electron chi connectivity index (χ3n) is 4.86. The summed E-state index contributed by atoms with van der Waals surface area (Å²) in [5.74, 6) is 0.0129. The first kappa shape index (κ1) is 15.1. The zero-order valence-electron chi connectivity index (χ0n) is 12.8. The van der Waals surface area contributed by atoms with Gasteiger partial charge >= 0.3 is 0 Å². The molecule has 1 aliphatic carbocycles. The molecule has 1 aromatic carbocycles. The van der Waals surface area contributed by atoms with E-state index >= 15 is 0 Å². The number of nitrogens with zero attached hydrogens (tertiary/aromatic N) is 2. The zero-order chi connectivity index (χ0) is 15.4. The summed E-state index contributed by atoms with van der Waals surface area (Å²) in [4.78, 5) is 14.8. The fourth-order valence-electron chi connectivity index (χ4n) is 3.53. The number of carbonyl (C=O) groups excluding carboxylic acids is 1. The fourth-order valence-corrected chi connectivity index (χ4v) is 3.53. The van der Waals surface area contributed by atoms with Gasteiger partial charge in [-0.2, -0.15) is 5.26 Å². The molecule has 116 valence electrons. The van der Waals surface area contributed by atoms with Gasteiger partial charge in [0.25, 0.3) is 0 Å². The fraction of sp³-hybridized carbons (Fsp3) is 0.556. The van der Waals surface area contributed by atoms with Gasteiger partial charge in [0.2, 0.25) is 5.91 Å². The average molecular weight is 298 g/mol. The lowest BCUT2D eigenvalue weighted by atomic mass is 9.74. The van der Waals surface area contributed by atoms with Gasteiger partial charge < -0.3 is 9.64 Å². The summed E-state index contributed by atoms with van der Waals surface area (Å²) in [6.45, 7) is 1.67. The molecule has 1 aromatic rings. The van der Waals surface area contributed by atoms with Gasteiger partial charge in [-0.05, 0) is 18.4 Å². The van der Waals surface area contributed by atoms with Crippen LogP contribution in [0.2, 0.25) is 0 Å². The molecule has 22 heavy (non-hydrogen) atoms. The lowest BCUT2D eigenvalue weighted by Crippen LogP contribution is -2.49. The number of amides is 1. The Balaban J connectivity index is 1.74. The molecule has 0 spiro atoms. The van der Waals surface area contributed by atoms with Crippen LogP contribution in [0.1, 0.15) is 43.8 Å². The molecule has 2 aliphatic rings. The molecule has 0 aromatic heterocycles. The molecule has 2 fully saturated rings. The van der Waals surface area contributed by atoms with Crippen molar-refractivity contribution in [3.05, 3.63) is 35.9 Å². The quantitative estimate of drug-likeness (QED) is 0.843. The summed E-state index contributed by atoms with van der Waals surface area (Å²) in [6, 6.07) is 12.3. The summed E-state index contributed by atoms with van der Waals surface area (Å²) >= 11 is 0. The highest BCUT2D eigenvalue weighted by atomic mass is 16.5. The predicted molar refractivity (Wildman–Crippen MR) is 82.8 cm³/mol. The molecule has 1 atom stereocenters. The van der Waals surface area contributed by atoms with E-state index in [-0.39, 0.29) is 12.0 Å². The molecule has 1 heterocycles. The van der Waals surface area contributed by atoms with Crippen molar-refractivity contribution >= 4 is 5.91 Å². The van der Waals surface area contributed by atoms with Crippen LogP contribution >= 0.6 is 0 Å². The van der Waals surface area contributed by atoms with Crippen LogP contribution in [0.15, 0.2) is 30.3 Å². The van der Waals surface area contributed by atoms with E-state index in [4.69, 9.17) is 4.74 Å². The summed E-state index contributed by atoms with van der Waals surface area (Å²) in [5, 5.41) is 9.60. The third kappa shape index (κ3) is 2.86. The van der Waals surface area contributed by atoms with Crippen LogP contribution in [0.25, 0.3) is 0 Å². The highest BCUT2D eigenvalue weighted by Gasteiger charge is 2.43. The van der Waals surface area contributed by atoms with E-state index < -0.39 is 5.41 Å². The number of carbonyl (C=O) groups is 1. The van der Waals surface area contributed by atoms with Crippen LogP contribution in [-0.4, -0.2) is 30.5 Å². The lowest BCUT2D eigenvalue weighted by Gasteiger charge is -2.39. The smallest absolute Gasteiger partial charge is 0.243 e. The van der Waals surface area contributed by atoms with Crippen LogP contribution in [0, 0.1) is 16.7 Å². The summed E-state index contributed by atoms with van der Waals surface area (Å²) in [7, 11) is 0. The summed E-state index contributed by atoms with van der Waals surface area (Å²) in [6.07, 6.45) is 4.41. The molecular formula is C18H22N2O2. The van der Waals surface area contributed by atoms with E-state index in [0.29, 0.717) is 32.5 Å². The largest absolute Gasteiger partial charge is 0.370 e. The van der Waals surface area contributed by atoms with Crippen molar-refractivity contribution < 1.29 is 9.53 Å². The SMILES string of the molecule is N#CC1(C(=O)N2CCOC(c3ccccc3)C2)CCCCC1. The van der Waals surface area contributed by atoms with Gasteiger partial charge in [-0.3, -0.25) is 4.79 Å².